The molecule has 0 radical (unpaired) electrons. The monoisotopic (exact) mass is 192 g/mol. The first-order valence-electron chi connectivity index (χ1n) is 3.87. The van der Waals surface area contributed by atoms with Crippen LogP contribution >= 0.6 is 11.3 Å². The van der Waals surface area contributed by atoms with Gasteiger partial charge in [-0.25, -0.2) is 4.98 Å². The minimum Gasteiger partial charge on any atom is -0.313 e. The van der Waals surface area contributed by atoms with Gasteiger partial charge in [-0.2, -0.15) is 0 Å². The van der Waals surface area contributed by atoms with Crippen LogP contribution in [0.1, 0.15) is 5.56 Å². The van der Waals surface area contributed by atoms with Crippen molar-refractivity contribution in [3.05, 3.63) is 39.8 Å². The third kappa shape index (κ3) is 1.40. The highest BCUT2D eigenvalue weighted by atomic mass is 32.1. The standard InChI is InChI=1S/C9H8N2OS/c1-6-8(7-3-2-4-13-7)10-5-11-9(6)12/h2-5H,1H3,(H,10,11,12). The Kier molecular flexibility index (Phi) is 1.98. The summed E-state index contributed by atoms with van der Waals surface area (Å²) in [5.41, 5.74) is 1.38. The Balaban J connectivity index is 2.66. The van der Waals surface area contributed by atoms with E-state index in [2.05, 4.69) is 9.97 Å². The summed E-state index contributed by atoms with van der Waals surface area (Å²) < 4.78 is 0. The summed E-state index contributed by atoms with van der Waals surface area (Å²) in [6.45, 7) is 1.78. The number of nitrogens with one attached hydrogen (secondary N) is 1. The second-order valence-corrected chi connectivity index (χ2v) is 3.63. The van der Waals surface area contributed by atoms with Gasteiger partial charge < -0.3 is 4.98 Å². The van der Waals surface area contributed by atoms with E-state index < -0.39 is 0 Å². The van der Waals surface area contributed by atoms with Crippen molar-refractivity contribution in [2.75, 3.05) is 0 Å². The van der Waals surface area contributed by atoms with Gasteiger partial charge in [0.05, 0.1) is 16.9 Å². The van der Waals surface area contributed by atoms with E-state index in [1.807, 2.05) is 17.5 Å². The topological polar surface area (TPSA) is 45.8 Å². The highest BCUT2D eigenvalue weighted by Crippen LogP contribution is 2.22. The summed E-state index contributed by atoms with van der Waals surface area (Å²) in [7, 11) is 0. The van der Waals surface area contributed by atoms with E-state index in [0.717, 1.165) is 10.6 Å². The van der Waals surface area contributed by atoms with Crippen LogP contribution in [-0.4, -0.2) is 9.97 Å². The van der Waals surface area contributed by atoms with Gasteiger partial charge in [-0.15, -0.1) is 11.3 Å². The van der Waals surface area contributed by atoms with Gasteiger partial charge in [-0.1, -0.05) is 6.07 Å². The Morgan fingerprint density at radius 3 is 3.08 bits per heavy atom. The first-order valence-corrected chi connectivity index (χ1v) is 4.75. The van der Waals surface area contributed by atoms with E-state index in [4.69, 9.17) is 0 Å². The Hall–Kier alpha value is -1.42. The first kappa shape index (κ1) is 8.19. The molecule has 0 aliphatic heterocycles. The van der Waals surface area contributed by atoms with Crippen LogP contribution in [0.2, 0.25) is 0 Å². The third-order valence-electron chi connectivity index (χ3n) is 1.84. The summed E-state index contributed by atoms with van der Waals surface area (Å²) in [6, 6.07) is 3.90. The molecule has 3 nitrogen and oxygen atoms in total. The Morgan fingerprint density at radius 2 is 2.38 bits per heavy atom. The van der Waals surface area contributed by atoms with E-state index in [9.17, 15) is 4.79 Å². The normalized spacial score (nSPS) is 10.2. The van der Waals surface area contributed by atoms with Crippen LogP contribution in [0.4, 0.5) is 0 Å². The van der Waals surface area contributed by atoms with Crippen molar-refractivity contribution in [1.82, 2.24) is 9.97 Å². The fourth-order valence-corrected chi connectivity index (χ4v) is 1.91. The van der Waals surface area contributed by atoms with Crippen LogP contribution in [0.25, 0.3) is 10.6 Å². The second kappa shape index (κ2) is 3.14. The molecule has 2 aromatic heterocycles. The first-order chi connectivity index (χ1) is 6.29. The number of rotatable bonds is 1. The molecule has 0 amide bonds. The van der Waals surface area contributed by atoms with Crippen LogP contribution in [-0.2, 0) is 0 Å². The zero-order valence-electron chi connectivity index (χ0n) is 7.07. The predicted octanol–water partition coefficient (Wildman–Crippen LogP) is 1.81. The van der Waals surface area contributed by atoms with Gasteiger partial charge in [0.15, 0.2) is 0 Å². The smallest absolute Gasteiger partial charge is 0.254 e. The lowest BCUT2D eigenvalue weighted by Crippen LogP contribution is -2.10. The maximum Gasteiger partial charge on any atom is 0.254 e. The fraction of sp³-hybridized carbons (Fsp3) is 0.111. The van der Waals surface area contributed by atoms with E-state index >= 15 is 0 Å². The average Bonchev–Trinajstić information content (AvgIpc) is 2.62. The van der Waals surface area contributed by atoms with Gasteiger partial charge in [0, 0.05) is 5.56 Å². The molecule has 0 unspecified atom stereocenters. The van der Waals surface area contributed by atoms with Crippen LogP contribution in [0.15, 0.2) is 28.6 Å². The molecule has 0 saturated carbocycles. The summed E-state index contributed by atoms with van der Waals surface area (Å²) in [5, 5.41) is 1.97. The number of nitrogens with zero attached hydrogens (tertiary/aromatic N) is 1. The van der Waals surface area contributed by atoms with E-state index in [1.54, 1.807) is 18.3 Å². The number of aromatic nitrogens is 2. The van der Waals surface area contributed by atoms with Gasteiger partial charge in [-0.05, 0) is 18.4 Å². The minimum absolute atomic E-state index is 0.0709. The van der Waals surface area contributed by atoms with Crippen molar-refractivity contribution >= 4 is 11.3 Å². The number of H-pyrrole nitrogens is 1. The molecule has 0 aliphatic carbocycles. The minimum atomic E-state index is -0.0709. The van der Waals surface area contributed by atoms with Crippen molar-refractivity contribution in [3.8, 4) is 10.6 Å². The molecule has 0 atom stereocenters. The average molecular weight is 192 g/mol. The molecule has 2 rings (SSSR count). The summed E-state index contributed by atoms with van der Waals surface area (Å²) in [4.78, 5) is 19.0. The molecule has 2 aromatic rings. The molecule has 0 bridgehead atoms. The van der Waals surface area contributed by atoms with Gasteiger partial charge in [0.2, 0.25) is 0 Å². The third-order valence-corrected chi connectivity index (χ3v) is 2.72. The van der Waals surface area contributed by atoms with Gasteiger partial charge in [0.25, 0.3) is 5.56 Å². The van der Waals surface area contributed by atoms with Crippen molar-refractivity contribution in [3.63, 3.8) is 0 Å². The van der Waals surface area contributed by atoms with Crippen molar-refractivity contribution < 1.29 is 0 Å². The molecule has 0 aromatic carbocycles. The molecule has 0 spiro atoms. The lowest BCUT2D eigenvalue weighted by atomic mass is 10.2. The summed E-state index contributed by atoms with van der Waals surface area (Å²) >= 11 is 1.58. The molecule has 0 fully saturated rings. The zero-order valence-corrected chi connectivity index (χ0v) is 7.89. The molecular formula is C9H8N2OS. The number of aromatic amines is 1. The number of thiophene rings is 1. The van der Waals surface area contributed by atoms with Gasteiger partial charge >= 0.3 is 0 Å². The molecule has 13 heavy (non-hydrogen) atoms. The lowest BCUT2D eigenvalue weighted by Gasteiger charge is -1.98. The molecule has 4 heteroatoms. The fourth-order valence-electron chi connectivity index (χ4n) is 1.13. The van der Waals surface area contributed by atoms with E-state index in [1.165, 1.54) is 6.33 Å². The lowest BCUT2D eigenvalue weighted by molar-refractivity contribution is 1.09. The highest BCUT2D eigenvalue weighted by Gasteiger charge is 2.05. The van der Waals surface area contributed by atoms with Crippen molar-refractivity contribution in [2.24, 2.45) is 0 Å². The second-order valence-electron chi connectivity index (χ2n) is 2.68. The van der Waals surface area contributed by atoms with Crippen molar-refractivity contribution in [2.45, 2.75) is 6.92 Å². The molecule has 0 saturated heterocycles. The van der Waals surface area contributed by atoms with Gasteiger partial charge in [-0.3, -0.25) is 4.79 Å². The highest BCUT2D eigenvalue weighted by molar-refractivity contribution is 7.13. The van der Waals surface area contributed by atoms with Crippen molar-refractivity contribution in [1.29, 1.82) is 0 Å². The maximum absolute atomic E-state index is 11.2. The van der Waals surface area contributed by atoms with E-state index in [-0.39, 0.29) is 5.56 Å². The largest absolute Gasteiger partial charge is 0.313 e. The number of hydrogen-bond donors (Lipinski definition) is 1. The van der Waals surface area contributed by atoms with E-state index in [0.29, 0.717) is 5.56 Å². The molecule has 2 heterocycles. The summed E-state index contributed by atoms with van der Waals surface area (Å²) in [5.74, 6) is 0. The molecule has 66 valence electrons. The Morgan fingerprint density at radius 1 is 1.54 bits per heavy atom. The van der Waals surface area contributed by atoms with Crippen LogP contribution in [0.3, 0.4) is 0 Å². The zero-order chi connectivity index (χ0) is 9.26. The van der Waals surface area contributed by atoms with Crippen LogP contribution < -0.4 is 5.56 Å². The molecule has 0 aliphatic rings. The summed E-state index contributed by atoms with van der Waals surface area (Å²) in [6.07, 6.45) is 1.43. The molecule has 1 N–H and O–H groups in total. The maximum atomic E-state index is 11.2. The Labute approximate surface area is 79.1 Å². The van der Waals surface area contributed by atoms with Crippen LogP contribution in [0.5, 0.6) is 0 Å². The molecular weight excluding hydrogens is 184 g/mol. The van der Waals surface area contributed by atoms with Gasteiger partial charge in [0.1, 0.15) is 0 Å². The Bertz CT molecular complexity index is 459. The number of hydrogen-bond acceptors (Lipinski definition) is 3. The SMILES string of the molecule is Cc1c(-c2cccs2)nc[nH]c1=O. The van der Waals surface area contributed by atoms with Crippen LogP contribution in [0, 0.1) is 6.92 Å². The predicted molar refractivity (Wildman–Crippen MR) is 52.9 cm³/mol. The quantitative estimate of drug-likeness (QED) is 0.749.